The van der Waals surface area contributed by atoms with Gasteiger partial charge in [0.25, 0.3) is 5.91 Å². The second kappa shape index (κ2) is 6.80. The number of ether oxygens (including phenoxy) is 1. The van der Waals surface area contributed by atoms with Gasteiger partial charge in [-0.3, -0.25) is 4.79 Å². The third-order valence-corrected chi connectivity index (χ3v) is 2.26. The molecule has 1 rings (SSSR count). The van der Waals surface area contributed by atoms with Crippen LogP contribution in [0.5, 0.6) is 0 Å². The van der Waals surface area contributed by atoms with E-state index in [1.165, 1.54) is 0 Å². The summed E-state index contributed by atoms with van der Waals surface area (Å²) in [7, 11) is 0. The lowest BCUT2D eigenvalue weighted by atomic mass is 10.2. The second-order valence-electron chi connectivity index (χ2n) is 2.96. The van der Waals surface area contributed by atoms with E-state index in [1.54, 1.807) is 31.2 Å². The van der Waals surface area contributed by atoms with Crippen LogP contribution in [-0.4, -0.2) is 24.7 Å². The quantitative estimate of drug-likeness (QED) is 0.523. The van der Waals surface area contributed by atoms with E-state index in [2.05, 4.69) is 31.2 Å². The first-order chi connectivity index (χ1) is 8.13. The zero-order chi connectivity index (χ0) is 12.7. The molecular formula is C11H11BrN2O3. The number of hydrazone groups is 1. The maximum Gasteiger partial charge on any atom is 0.351 e. The van der Waals surface area contributed by atoms with Crippen molar-refractivity contribution in [2.45, 2.75) is 6.92 Å². The van der Waals surface area contributed by atoms with E-state index in [1.807, 2.05) is 0 Å². The summed E-state index contributed by atoms with van der Waals surface area (Å²) >= 11 is 3.26. The second-order valence-corrected chi connectivity index (χ2v) is 3.87. The van der Waals surface area contributed by atoms with Gasteiger partial charge in [-0.15, -0.1) is 0 Å². The van der Waals surface area contributed by atoms with Crippen LogP contribution in [-0.2, 0) is 9.53 Å². The standard InChI is InChI=1S/C11H11BrN2O3/c1-2-17-10(15)7-13-14-11(16)8-3-5-9(12)6-4-8/h3-7H,2H2,1H3,(H,14,16)/b13-7+. The first-order valence-corrected chi connectivity index (χ1v) is 5.68. The normalized spacial score (nSPS) is 10.2. The number of halogens is 1. The minimum atomic E-state index is -0.594. The molecule has 0 aliphatic carbocycles. The maximum absolute atomic E-state index is 11.5. The van der Waals surface area contributed by atoms with Crippen molar-refractivity contribution in [2.24, 2.45) is 5.10 Å². The van der Waals surface area contributed by atoms with Crippen LogP contribution in [0.25, 0.3) is 0 Å². The van der Waals surface area contributed by atoms with Gasteiger partial charge in [-0.2, -0.15) is 5.10 Å². The third kappa shape index (κ3) is 4.78. The molecule has 0 aliphatic heterocycles. The van der Waals surface area contributed by atoms with Crippen molar-refractivity contribution < 1.29 is 14.3 Å². The predicted molar refractivity (Wildman–Crippen MR) is 66.7 cm³/mol. The molecule has 0 aliphatic rings. The van der Waals surface area contributed by atoms with Crippen molar-refractivity contribution in [2.75, 3.05) is 6.61 Å². The highest BCUT2D eigenvalue weighted by Crippen LogP contribution is 2.10. The number of carbonyl (C=O) groups is 2. The van der Waals surface area contributed by atoms with Gasteiger partial charge < -0.3 is 4.74 Å². The highest BCUT2D eigenvalue weighted by Gasteiger charge is 2.03. The van der Waals surface area contributed by atoms with Crippen molar-refractivity contribution >= 4 is 34.0 Å². The SMILES string of the molecule is CCOC(=O)/C=N/NC(=O)c1ccc(Br)cc1. The summed E-state index contributed by atoms with van der Waals surface area (Å²) in [6.45, 7) is 1.96. The first kappa shape index (κ1) is 13.4. The van der Waals surface area contributed by atoms with Crippen LogP contribution < -0.4 is 5.43 Å². The van der Waals surface area contributed by atoms with Crippen molar-refractivity contribution in [1.29, 1.82) is 0 Å². The lowest BCUT2D eigenvalue weighted by Crippen LogP contribution is -2.19. The Morgan fingerprint density at radius 3 is 2.65 bits per heavy atom. The summed E-state index contributed by atoms with van der Waals surface area (Å²) in [5, 5.41) is 3.48. The van der Waals surface area contributed by atoms with Crippen molar-refractivity contribution in [3.63, 3.8) is 0 Å². The molecule has 0 saturated heterocycles. The summed E-state index contributed by atoms with van der Waals surface area (Å²) in [6, 6.07) is 6.76. The lowest BCUT2D eigenvalue weighted by molar-refractivity contribution is -0.134. The molecule has 17 heavy (non-hydrogen) atoms. The van der Waals surface area contributed by atoms with Crippen LogP contribution in [0.15, 0.2) is 33.8 Å². The molecule has 6 heteroatoms. The summed E-state index contributed by atoms with van der Waals surface area (Å²) in [5.41, 5.74) is 2.68. The van der Waals surface area contributed by atoms with Gasteiger partial charge in [0.05, 0.1) is 6.61 Å². The van der Waals surface area contributed by atoms with E-state index < -0.39 is 11.9 Å². The zero-order valence-corrected chi connectivity index (χ0v) is 10.7. The molecule has 0 spiro atoms. The minimum Gasteiger partial charge on any atom is -0.462 e. The van der Waals surface area contributed by atoms with Gasteiger partial charge in [0.1, 0.15) is 6.21 Å². The Morgan fingerprint density at radius 2 is 2.06 bits per heavy atom. The summed E-state index contributed by atoms with van der Waals surface area (Å²) in [5.74, 6) is -0.985. The fraction of sp³-hybridized carbons (Fsp3) is 0.182. The smallest absolute Gasteiger partial charge is 0.351 e. The van der Waals surface area contributed by atoms with Crippen LogP contribution in [0, 0.1) is 0 Å². The number of esters is 1. The summed E-state index contributed by atoms with van der Waals surface area (Å²) in [4.78, 5) is 22.4. The summed E-state index contributed by atoms with van der Waals surface area (Å²) in [6.07, 6.45) is 0.917. The van der Waals surface area contributed by atoms with Crippen LogP contribution in [0.3, 0.4) is 0 Å². The number of amides is 1. The van der Waals surface area contributed by atoms with Gasteiger partial charge in [0.2, 0.25) is 0 Å². The average Bonchev–Trinajstić information content (AvgIpc) is 2.30. The van der Waals surface area contributed by atoms with E-state index in [0.29, 0.717) is 5.56 Å². The minimum absolute atomic E-state index is 0.269. The molecule has 5 nitrogen and oxygen atoms in total. The van der Waals surface area contributed by atoms with Crippen molar-refractivity contribution in [3.05, 3.63) is 34.3 Å². The molecule has 1 aromatic rings. The average molecular weight is 299 g/mol. The molecule has 0 saturated carbocycles. The number of nitrogens with one attached hydrogen (secondary N) is 1. The van der Waals surface area contributed by atoms with Crippen LogP contribution >= 0.6 is 15.9 Å². The van der Waals surface area contributed by atoms with Crippen molar-refractivity contribution in [3.8, 4) is 0 Å². The largest absolute Gasteiger partial charge is 0.462 e. The molecule has 1 N–H and O–H groups in total. The molecule has 0 bridgehead atoms. The number of hydrogen-bond donors (Lipinski definition) is 1. The van der Waals surface area contributed by atoms with Gasteiger partial charge in [-0.05, 0) is 31.2 Å². The topological polar surface area (TPSA) is 67.8 Å². The number of carbonyl (C=O) groups excluding carboxylic acids is 2. The van der Waals surface area contributed by atoms with E-state index >= 15 is 0 Å². The first-order valence-electron chi connectivity index (χ1n) is 4.89. The third-order valence-electron chi connectivity index (χ3n) is 1.73. The Morgan fingerprint density at radius 1 is 1.41 bits per heavy atom. The molecule has 0 unspecified atom stereocenters. The molecule has 0 radical (unpaired) electrons. The van der Waals surface area contributed by atoms with Gasteiger partial charge in [0.15, 0.2) is 0 Å². The highest BCUT2D eigenvalue weighted by atomic mass is 79.9. The monoisotopic (exact) mass is 298 g/mol. The summed E-state index contributed by atoms with van der Waals surface area (Å²) < 4.78 is 5.48. The fourth-order valence-electron chi connectivity index (χ4n) is 0.989. The Hall–Kier alpha value is -1.69. The Bertz CT molecular complexity index is 429. The predicted octanol–water partition coefficient (Wildman–Crippen LogP) is 1.73. The van der Waals surface area contributed by atoms with Crippen LogP contribution in [0.2, 0.25) is 0 Å². The number of hydrogen-bond acceptors (Lipinski definition) is 4. The van der Waals surface area contributed by atoms with Crippen LogP contribution in [0.4, 0.5) is 0 Å². The van der Waals surface area contributed by atoms with E-state index in [0.717, 1.165) is 10.7 Å². The Labute approximate surface area is 107 Å². The van der Waals surface area contributed by atoms with Gasteiger partial charge in [-0.25, -0.2) is 10.2 Å². The molecule has 1 aromatic carbocycles. The number of rotatable bonds is 4. The number of benzene rings is 1. The van der Waals surface area contributed by atoms with Gasteiger partial charge in [0, 0.05) is 10.0 Å². The molecule has 0 atom stereocenters. The zero-order valence-electron chi connectivity index (χ0n) is 9.14. The van der Waals surface area contributed by atoms with Crippen LogP contribution in [0.1, 0.15) is 17.3 Å². The number of nitrogens with zero attached hydrogens (tertiary/aromatic N) is 1. The molecular weight excluding hydrogens is 288 g/mol. The molecule has 90 valence electrons. The van der Waals surface area contributed by atoms with E-state index in [-0.39, 0.29) is 6.61 Å². The van der Waals surface area contributed by atoms with E-state index in [4.69, 9.17) is 0 Å². The van der Waals surface area contributed by atoms with Gasteiger partial charge in [-0.1, -0.05) is 15.9 Å². The fourth-order valence-corrected chi connectivity index (χ4v) is 1.25. The molecule has 0 heterocycles. The van der Waals surface area contributed by atoms with E-state index in [9.17, 15) is 9.59 Å². The maximum atomic E-state index is 11.5. The molecule has 1 amide bonds. The van der Waals surface area contributed by atoms with Crippen molar-refractivity contribution in [1.82, 2.24) is 5.43 Å². The Kier molecular flexibility index (Phi) is 5.35. The lowest BCUT2D eigenvalue weighted by Gasteiger charge is -1.99. The van der Waals surface area contributed by atoms with Gasteiger partial charge >= 0.3 is 5.97 Å². The molecule has 0 fully saturated rings. The highest BCUT2D eigenvalue weighted by molar-refractivity contribution is 9.10. The molecule has 0 aromatic heterocycles. The Balaban J connectivity index is 2.50.